The maximum Gasteiger partial charge on any atom is 0.160 e. The maximum absolute atomic E-state index is 4.20. The van der Waals surface area contributed by atoms with E-state index in [0.29, 0.717) is 6.04 Å². The first-order valence-corrected chi connectivity index (χ1v) is 5.24. The molecule has 4 nitrogen and oxygen atoms in total. The van der Waals surface area contributed by atoms with Gasteiger partial charge in [-0.1, -0.05) is 19.9 Å². The lowest BCUT2D eigenvalue weighted by molar-refractivity contribution is 0.484. The molecule has 0 saturated heterocycles. The number of nitrogens with zero attached hydrogens (tertiary/aromatic N) is 3. The molecular weight excluding hydrogens is 188 g/mol. The number of hydrogen-bond donors (Lipinski definition) is 1. The Labute approximate surface area is 89.3 Å². The molecule has 80 valence electrons. The third kappa shape index (κ3) is 1.99. The van der Waals surface area contributed by atoms with Gasteiger partial charge in [-0.05, 0) is 19.1 Å². The van der Waals surface area contributed by atoms with Crippen LogP contribution in [-0.2, 0) is 0 Å². The van der Waals surface area contributed by atoms with E-state index in [2.05, 4.69) is 36.3 Å². The molecule has 1 atom stereocenters. The molecule has 0 bridgehead atoms. The Bertz CT molecular complexity index is 447. The fraction of sp³-hybridized carbons (Fsp3) is 0.455. The normalized spacial score (nSPS) is 13.6. The van der Waals surface area contributed by atoms with Gasteiger partial charge >= 0.3 is 0 Å². The molecule has 0 spiro atoms. The molecule has 0 aliphatic rings. The number of fused-ring (bicyclic) bond motifs is 1. The second-order valence-corrected chi connectivity index (χ2v) is 4.03. The monoisotopic (exact) mass is 204 g/mol. The lowest BCUT2D eigenvalue weighted by atomic mass is 10.2. The van der Waals surface area contributed by atoms with E-state index in [9.17, 15) is 0 Å². The quantitative estimate of drug-likeness (QED) is 0.828. The summed E-state index contributed by atoms with van der Waals surface area (Å²) in [5, 5.41) is 11.7. The standard InChI is InChI=1S/C11H16N4/c1-8(2)12-9(3)11-14-13-10-6-4-5-7-15(10)11/h4-9,12H,1-3H3. The van der Waals surface area contributed by atoms with Gasteiger partial charge in [0.15, 0.2) is 11.5 Å². The van der Waals surface area contributed by atoms with Crippen molar-refractivity contribution in [1.29, 1.82) is 0 Å². The fourth-order valence-electron chi connectivity index (χ4n) is 1.73. The van der Waals surface area contributed by atoms with Crippen LogP contribution in [0.15, 0.2) is 24.4 Å². The number of pyridine rings is 1. The Balaban J connectivity index is 2.35. The maximum atomic E-state index is 4.20. The Hall–Kier alpha value is -1.42. The second kappa shape index (κ2) is 3.98. The Morgan fingerprint density at radius 2 is 2.00 bits per heavy atom. The Morgan fingerprint density at radius 3 is 2.73 bits per heavy atom. The summed E-state index contributed by atoms with van der Waals surface area (Å²) in [6.07, 6.45) is 1.99. The Kier molecular flexibility index (Phi) is 2.68. The van der Waals surface area contributed by atoms with Gasteiger partial charge in [0.25, 0.3) is 0 Å². The number of rotatable bonds is 3. The number of aromatic nitrogens is 3. The molecule has 15 heavy (non-hydrogen) atoms. The highest BCUT2D eigenvalue weighted by atomic mass is 15.3. The van der Waals surface area contributed by atoms with Crippen LogP contribution in [0.25, 0.3) is 5.65 Å². The molecule has 0 aliphatic carbocycles. The molecule has 1 N–H and O–H groups in total. The highest BCUT2D eigenvalue weighted by Gasteiger charge is 2.13. The van der Waals surface area contributed by atoms with Crippen molar-refractivity contribution in [2.75, 3.05) is 0 Å². The summed E-state index contributed by atoms with van der Waals surface area (Å²) < 4.78 is 2.01. The van der Waals surface area contributed by atoms with E-state index in [4.69, 9.17) is 0 Å². The first-order valence-electron chi connectivity index (χ1n) is 5.24. The predicted octanol–water partition coefficient (Wildman–Crippen LogP) is 1.79. The van der Waals surface area contributed by atoms with E-state index in [1.807, 2.05) is 28.8 Å². The number of nitrogens with one attached hydrogen (secondary N) is 1. The molecule has 2 aromatic heterocycles. The van der Waals surface area contributed by atoms with Gasteiger partial charge in [-0.15, -0.1) is 10.2 Å². The highest BCUT2D eigenvalue weighted by molar-refractivity contribution is 5.37. The van der Waals surface area contributed by atoms with Gasteiger partial charge < -0.3 is 5.32 Å². The minimum atomic E-state index is 0.211. The molecule has 0 amide bonds. The summed E-state index contributed by atoms with van der Waals surface area (Å²) in [7, 11) is 0. The average Bonchev–Trinajstić information content (AvgIpc) is 2.59. The topological polar surface area (TPSA) is 42.2 Å². The van der Waals surface area contributed by atoms with Crippen molar-refractivity contribution < 1.29 is 0 Å². The molecular formula is C11H16N4. The number of hydrogen-bond acceptors (Lipinski definition) is 3. The molecule has 4 heteroatoms. The van der Waals surface area contributed by atoms with Crippen molar-refractivity contribution in [2.24, 2.45) is 0 Å². The predicted molar refractivity (Wildman–Crippen MR) is 59.7 cm³/mol. The molecule has 2 rings (SSSR count). The largest absolute Gasteiger partial charge is 0.305 e. The van der Waals surface area contributed by atoms with Crippen LogP contribution >= 0.6 is 0 Å². The fourth-order valence-corrected chi connectivity index (χ4v) is 1.73. The minimum Gasteiger partial charge on any atom is -0.305 e. The van der Waals surface area contributed by atoms with Crippen molar-refractivity contribution >= 4 is 5.65 Å². The second-order valence-electron chi connectivity index (χ2n) is 4.03. The molecule has 0 saturated carbocycles. The van der Waals surface area contributed by atoms with E-state index < -0.39 is 0 Å². The van der Waals surface area contributed by atoms with Crippen LogP contribution in [0.5, 0.6) is 0 Å². The van der Waals surface area contributed by atoms with Gasteiger partial charge in [-0.25, -0.2) is 0 Å². The molecule has 0 radical (unpaired) electrons. The molecule has 2 aromatic rings. The summed E-state index contributed by atoms with van der Waals surface area (Å²) in [5.74, 6) is 0.958. The zero-order valence-electron chi connectivity index (χ0n) is 9.31. The van der Waals surface area contributed by atoms with Crippen LogP contribution in [0.1, 0.15) is 32.6 Å². The SMILES string of the molecule is CC(C)NC(C)c1nnc2ccccn12. The molecule has 2 heterocycles. The van der Waals surface area contributed by atoms with Crippen LogP contribution in [0, 0.1) is 0 Å². The van der Waals surface area contributed by atoms with Crippen LogP contribution in [0.3, 0.4) is 0 Å². The average molecular weight is 204 g/mol. The summed E-state index contributed by atoms with van der Waals surface area (Å²) in [5.41, 5.74) is 0.893. The molecule has 0 fully saturated rings. The van der Waals surface area contributed by atoms with E-state index in [-0.39, 0.29) is 6.04 Å². The third-order valence-corrected chi connectivity index (χ3v) is 2.31. The van der Waals surface area contributed by atoms with Crippen molar-refractivity contribution in [2.45, 2.75) is 32.9 Å². The zero-order valence-corrected chi connectivity index (χ0v) is 9.31. The minimum absolute atomic E-state index is 0.211. The van der Waals surface area contributed by atoms with Gasteiger partial charge in [0.2, 0.25) is 0 Å². The Morgan fingerprint density at radius 1 is 1.20 bits per heavy atom. The zero-order chi connectivity index (χ0) is 10.8. The van der Waals surface area contributed by atoms with Crippen LogP contribution in [0.2, 0.25) is 0 Å². The lowest BCUT2D eigenvalue weighted by Gasteiger charge is -2.14. The van der Waals surface area contributed by atoms with Crippen molar-refractivity contribution in [3.8, 4) is 0 Å². The molecule has 0 aliphatic heterocycles. The van der Waals surface area contributed by atoms with Gasteiger partial charge in [0.05, 0.1) is 6.04 Å². The highest BCUT2D eigenvalue weighted by Crippen LogP contribution is 2.11. The molecule has 1 unspecified atom stereocenters. The van der Waals surface area contributed by atoms with E-state index in [1.54, 1.807) is 0 Å². The first kappa shape index (κ1) is 10.1. The lowest BCUT2D eigenvalue weighted by Crippen LogP contribution is -2.27. The van der Waals surface area contributed by atoms with Crippen LogP contribution in [0.4, 0.5) is 0 Å². The summed E-state index contributed by atoms with van der Waals surface area (Å²) in [6.45, 7) is 6.35. The van der Waals surface area contributed by atoms with Crippen molar-refractivity contribution in [3.05, 3.63) is 30.2 Å². The van der Waals surface area contributed by atoms with Crippen molar-refractivity contribution in [1.82, 2.24) is 19.9 Å². The van der Waals surface area contributed by atoms with Crippen LogP contribution < -0.4 is 5.32 Å². The third-order valence-electron chi connectivity index (χ3n) is 2.31. The van der Waals surface area contributed by atoms with E-state index in [0.717, 1.165) is 11.5 Å². The van der Waals surface area contributed by atoms with Gasteiger partial charge in [0, 0.05) is 12.2 Å². The summed E-state index contributed by atoms with van der Waals surface area (Å²) >= 11 is 0. The van der Waals surface area contributed by atoms with E-state index >= 15 is 0 Å². The van der Waals surface area contributed by atoms with Crippen LogP contribution in [-0.4, -0.2) is 20.6 Å². The van der Waals surface area contributed by atoms with E-state index in [1.165, 1.54) is 0 Å². The van der Waals surface area contributed by atoms with Crippen molar-refractivity contribution in [3.63, 3.8) is 0 Å². The smallest absolute Gasteiger partial charge is 0.160 e. The summed E-state index contributed by atoms with van der Waals surface area (Å²) in [4.78, 5) is 0. The van der Waals surface area contributed by atoms with Gasteiger partial charge in [-0.2, -0.15) is 0 Å². The molecule has 0 aromatic carbocycles. The summed E-state index contributed by atoms with van der Waals surface area (Å²) in [6, 6.07) is 6.56. The first-order chi connectivity index (χ1) is 7.18. The van der Waals surface area contributed by atoms with Gasteiger partial charge in [0.1, 0.15) is 0 Å². The van der Waals surface area contributed by atoms with Gasteiger partial charge in [-0.3, -0.25) is 4.40 Å².